The van der Waals surface area contributed by atoms with Gasteiger partial charge >= 0.3 is 12.0 Å². The van der Waals surface area contributed by atoms with Gasteiger partial charge in [0.15, 0.2) is 0 Å². The SMILES string of the molecule is CCOC(=O)C1CCCN(C(=O)NCC(C)C)C1. The topological polar surface area (TPSA) is 58.6 Å². The van der Waals surface area contributed by atoms with E-state index in [1.807, 2.05) is 0 Å². The van der Waals surface area contributed by atoms with Gasteiger partial charge in [-0.1, -0.05) is 13.8 Å². The van der Waals surface area contributed by atoms with Gasteiger partial charge in [-0.05, 0) is 25.7 Å². The number of piperidine rings is 1. The first-order valence-electron chi connectivity index (χ1n) is 6.74. The first-order valence-corrected chi connectivity index (χ1v) is 6.74. The molecule has 1 heterocycles. The average molecular weight is 256 g/mol. The van der Waals surface area contributed by atoms with Crippen molar-refractivity contribution in [1.82, 2.24) is 10.2 Å². The summed E-state index contributed by atoms with van der Waals surface area (Å²) in [7, 11) is 0. The summed E-state index contributed by atoms with van der Waals surface area (Å²) in [5, 5.41) is 2.88. The molecular weight excluding hydrogens is 232 g/mol. The monoisotopic (exact) mass is 256 g/mol. The lowest BCUT2D eigenvalue weighted by Crippen LogP contribution is -2.48. The zero-order chi connectivity index (χ0) is 13.5. The molecule has 1 rings (SSSR count). The molecule has 1 saturated heterocycles. The van der Waals surface area contributed by atoms with Crippen molar-refractivity contribution in [2.75, 3.05) is 26.2 Å². The van der Waals surface area contributed by atoms with Crippen LogP contribution in [0.3, 0.4) is 0 Å². The maximum atomic E-state index is 11.9. The second-order valence-corrected chi connectivity index (χ2v) is 5.12. The molecule has 0 aromatic heterocycles. The standard InChI is InChI=1S/C13H24N2O3/c1-4-18-12(16)11-6-5-7-15(9-11)13(17)14-8-10(2)3/h10-11H,4-9H2,1-3H3,(H,14,17). The van der Waals surface area contributed by atoms with Crippen molar-refractivity contribution < 1.29 is 14.3 Å². The molecule has 1 unspecified atom stereocenters. The van der Waals surface area contributed by atoms with E-state index in [4.69, 9.17) is 4.74 Å². The highest BCUT2D eigenvalue weighted by molar-refractivity contribution is 5.77. The van der Waals surface area contributed by atoms with Crippen LogP contribution < -0.4 is 5.32 Å². The number of rotatable bonds is 4. The van der Waals surface area contributed by atoms with Crippen LogP contribution in [0.25, 0.3) is 0 Å². The van der Waals surface area contributed by atoms with Gasteiger partial charge in [-0.25, -0.2) is 4.79 Å². The zero-order valence-electron chi connectivity index (χ0n) is 11.6. The van der Waals surface area contributed by atoms with Gasteiger partial charge in [0.2, 0.25) is 0 Å². The van der Waals surface area contributed by atoms with E-state index >= 15 is 0 Å². The van der Waals surface area contributed by atoms with Crippen LogP contribution in [-0.2, 0) is 9.53 Å². The smallest absolute Gasteiger partial charge is 0.317 e. The third-order valence-electron chi connectivity index (χ3n) is 2.99. The Morgan fingerprint density at radius 2 is 2.17 bits per heavy atom. The molecule has 0 radical (unpaired) electrons. The Hall–Kier alpha value is -1.26. The number of amides is 2. The number of likely N-dealkylation sites (tertiary alicyclic amines) is 1. The van der Waals surface area contributed by atoms with Gasteiger partial charge in [0.1, 0.15) is 0 Å². The summed E-state index contributed by atoms with van der Waals surface area (Å²) in [5.74, 6) is 0.0851. The fourth-order valence-corrected chi connectivity index (χ4v) is 2.02. The van der Waals surface area contributed by atoms with Gasteiger partial charge in [-0.15, -0.1) is 0 Å². The van der Waals surface area contributed by atoms with Gasteiger partial charge < -0.3 is 15.0 Å². The number of urea groups is 1. The van der Waals surface area contributed by atoms with E-state index in [0.29, 0.717) is 25.6 Å². The van der Waals surface area contributed by atoms with Gasteiger partial charge in [0, 0.05) is 19.6 Å². The van der Waals surface area contributed by atoms with Crippen LogP contribution >= 0.6 is 0 Å². The van der Waals surface area contributed by atoms with E-state index in [1.165, 1.54) is 0 Å². The van der Waals surface area contributed by atoms with Crippen molar-refractivity contribution in [2.45, 2.75) is 33.6 Å². The first-order chi connectivity index (χ1) is 8.54. The van der Waals surface area contributed by atoms with Crippen molar-refractivity contribution in [1.29, 1.82) is 0 Å². The Morgan fingerprint density at radius 3 is 2.78 bits per heavy atom. The number of hydrogen-bond donors (Lipinski definition) is 1. The van der Waals surface area contributed by atoms with Crippen molar-refractivity contribution in [2.24, 2.45) is 11.8 Å². The maximum absolute atomic E-state index is 11.9. The van der Waals surface area contributed by atoms with Crippen LogP contribution in [0.5, 0.6) is 0 Å². The number of nitrogens with zero attached hydrogens (tertiary/aromatic N) is 1. The third-order valence-corrected chi connectivity index (χ3v) is 2.99. The molecule has 1 aliphatic heterocycles. The van der Waals surface area contributed by atoms with E-state index in [0.717, 1.165) is 19.4 Å². The van der Waals surface area contributed by atoms with Crippen LogP contribution in [0, 0.1) is 11.8 Å². The number of carbonyl (C=O) groups excluding carboxylic acids is 2. The lowest BCUT2D eigenvalue weighted by Gasteiger charge is -2.31. The highest BCUT2D eigenvalue weighted by Crippen LogP contribution is 2.17. The molecule has 1 atom stereocenters. The van der Waals surface area contributed by atoms with Crippen molar-refractivity contribution in [3.63, 3.8) is 0 Å². The second-order valence-electron chi connectivity index (χ2n) is 5.12. The minimum atomic E-state index is -0.182. The molecule has 0 aromatic rings. The van der Waals surface area contributed by atoms with Crippen LogP contribution in [0.1, 0.15) is 33.6 Å². The summed E-state index contributed by atoms with van der Waals surface area (Å²) in [4.78, 5) is 25.3. The highest BCUT2D eigenvalue weighted by atomic mass is 16.5. The molecule has 5 nitrogen and oxygen atoms in total. The number of carbonyl (C=O) groups is 2. The molecule has 5 heteroatoms. The molecule has 1 aliphatic rings. The Kier molecular flexibility index (Phi) is 5.95. The number of ether oxygens (including phenoxy) is 1. The van der Waals surface area contributed by atoms with E-state index in [1.54, 1.807) is 11.8 Å². The summed E-state index contributed by atoms with van der Waals surface area (Å²) in [6.07, 6.45) is 1.67. The number of hydrogen-bond acceptors (Lipinski definition) is 3. The lowest BCUT2D eigenvalue weighted by atomic mass is 9.98. The highest BCUT2D eigenvalue weighted by Gasteiger charge is 2.29. The number of esters is 1. The molecule has 104 valence electrons. The van der Waals surface area contributed by atoms with E-state index in [2.05, 4.69) is 19.2 Å². The Balaban J connectivity index is 2.42. The predicted octanol–water partition coefficient (Wildman–Crippen LogP) is 1.63. The molecule has 0 aromatic carbocycles. The predicted molar refractivity (Wildman–Crippen MR) is 69.2 cm³/mol. The van der Waals surface area contributed by atoms with Crippen LogP contribution in [0.2, 0.25) is 0 Å². The summed E-state index contributed by atoms with van der Waals surface area (Å²) < 4.78 is 5.01. The molecule has 0 bridgehead atoms. The Bertz CT molecular complexity index is 292. The normalized spacial score (nSPS) is 19.8. The van der Waals surface area contributed by atoms with E-state index < -0.39 is 0 Å². The molecular formula is C13H24N2O3. The van der Waals surface area contributed by atoms with E-state index in [9.17, 15) is 9.59 Å². The molecule has 0 spiro atoms. The van der Waals surface area contributed by atoms with E-state index in [-0.39, 0.29) is 17.9 Å². The third kappa shape index (κ3) is 4.55. The number of nitrogens with one attached hydrogen (secondary N) is 1. The van der Waals surface area contributed by atoms with Crippen molar-refractivity contribution in [3.05, 3.63) is 0 Å². The molecule has 2 amide bonds. The van der Waals surface area contributed by atoms with Crippen molar-refractivity contribution >= 4 is 12.0 Å². The summed E-state index contributed by atoms with van der Waals surface area (Å²) in [6.45, 7) is 8.17. The Labute approximate surface area is 109 Å². The lowest BCUT2D eigenvalue weighted by molar-refractivity contribution is -0.149. The summed E-state index contributed by atoms with van der Waals surface area (Å²) in [6, 6.07) is -0.0716. The molecule has 1 N–H and O–H groups in total. The van der Waals surface area contributed by atoms with Crippen molar-refractivity contribution in [3.8, 4) is 0 Å². The van der Waals surface area contributed by atoms with Gasteiger partial charge in [0.05, 0.1) is 12.5 Å². The van der Waals surface area contributed by atoms with Crippen LogP contribution in [0.4, 0.5) is 4.79 Å². The van der Waals surface area contributed by atoms with Gasteiger partial charge in [0.25, 0.3) is 0 Å². The van der Waals surface area contributed by atoms with Gasteiger partial charge in [-0.3, -0.25) is 4.79 Å². The van der Waals surface area contributed by atoms with Gasteiger partial charge in [-0.2, -0.15) is 0 Å². The Morgan fingerprint density at radius 1 is 1.44 bits per heavy atom. The first kappa shape index (κ1) is 14.8. The quantitative estimate of drug-likeness (QED) is 0.778. The minimum Gasteiger partial charge on any atom is -0.466 e. The maximum Gasteiger partial charge on any atom is 0.317 e. The largest absolute Gasteiger partial charge is 0.466 e. The fourth-order valence-electron chi connectivity index (χ4n) is 2.02. The second kappa shape index (κ2) is 7.24. The summed E-state index contributed by atoms with van der Waals surface area (Å²) >= 11 is 0. The summed E-state index contributed by atoms with van der Waals surface area (Å²) in [5.41, 5.74) is 0. The molecule has 0 saturated carbocycles. The van der Waals surface area contributed by atoms with Crippen LogP contribution in [0.15, 0.2) is 0 Å². The zero-order valence-corrected chi connectivity index (χ0v) is 11.6. The molecule has 18 heavy (non-hydrogen) atoms. The fraction of sp³-hybridized carbons (Fsp3) is 0.846. The average Bonchev–Trinajstić information content (AvgIpc) is 2.36. The minimum absolute atomic E-state index is 0.0716. The molecule has 1 fully saturated rings. The molecule has 0 aliphatic carbocycles. The van der Waals surface area contributed by atoms with Crippen LogP contribution in [-0.4, -0.2) is 43.1 Å².